The van der Waals surface area contributed by atoms with Crippen LogP contribution in [0, 0.1) is 13.8 Å². The molecule has 1 heterocycles. The normalized spacial score (nSPS) is 15.1. The van der Waals surface area contributed by atoms with Gasteiger partial charge in [-0.3, -0.25) is 9.59 Å². The third-order valence-corrected chi connectivity index (χ3v) is 5.13. The van der Waals surface area contributed by atoms with Gasteiger partial charge in [0, 0.05) is 18.8 Å². The number of benzene rings is 1. The van der Waals surface area contributed by atoms with Crippen molar-refractivity contribution in [3.63, 3.8) is 0 Å². The van der Waals surface area contributed by atoms with Crippen LogP contribution in [0.1, 0.15) is 59.3 Å². The zero-order valence-corrected chi connectivity index (χ0v) is 15.0. The van der Waals surface area contributed by atoms with Crippen LogP contribution in [-0.4, -0.2) is 22.3 Å². The molecule has 3 rings (SSSR count). The van der Waals surface area contributed by atoms with Crippen LogP contribution in [0.5, 0.6) is 0 Å². The maximum atomic E-state index is 12.6. The summed E-state index contributed by atoms with van der Waals surface area (Å²) in [7, 11) is 0. The van der Waals surface area contributed by atoms with E-state index in [4.69, 9.17) is 0 Å². The molecule has 4 nitrogen and oxygen atoms in total. The molecule has 1 N–H and O–H groups in total. The highest BCUT2D eigenvalue weighted by atomic mass is 16.2. The van der Waals surface area contributed by atoms with E-state index in [1.54, 1.807) is 6.07 Å². The lowest BCUT2D eigenvalue weighted by atomic mass is 9.95. The van der Waals surface area contributed by atoms with Gasteiger partial charge in [-0.05, 0) is 55.5 Å². The van der Waals surface area contributed by atoms with Crippen LogP contribution in [0.15, 0.2) is 36.5 Å². The van der Waals surface area contributed by atoms with Gasteiger partial charge in [0.1, 0.15) is 0 Å². The van der Waals surface area contributed by atoms with Gasteiger partial charge in [-0.15, -0.1) is 0 Å². The number of carbonyl (C=O) groups excluding carboxylic acids is 2. The van der Waals surface area contributed by atoms with Gasteiger partial charge in [0.2, 0.25) is 0 Å². The Hall–Kier alpha value is -2.36. The van der Waals surface area contributed by atoms with E-state index in [9.17, 15) is 9.59 Å². The van der Waals surface area contributed by atoms with E-state index in [1.165, 1.54) is 17.5 Å². The van der Waals surface area contributed by atoms with Crippen molar-refractivity contribution in [3.8, 4) is 0 Å². The number of rotatable bonds is 5. The molecular formula is C21H26N2O2. The van der Waals surface area contributed by atoms with Gasteiger partial charge >= 0.3 is 0 Å². The summed E-state index contributed by atoms with van der Waals surface area (Å²) in [6.07, 6.45) is 7.28. The van der Waals surface area contributed by atoms with Gasteiger partial charge in [0.15, 0.2) is 0 Å². The number of hydrogen-bond acceptors (Lipinski definition) is 2. The molecular weight excluding hydrogens is 312 g/mol. The Balaban J connectivity index is 1.70. The standard InChI is InChI=1S/C21H26N2O2/c1-15-10-11-17(13-16(15)2)14-23-12-6-9-19(23)20(24)21(25)22-18-7-4-3-5-8-18/h6,9-13,18H,3-5,7-8,14H2,1-2H3,(H,22,25). The molecule has 1 aliphatic rings. The molecule has 0 bridgehead atoms. The number of carbonyl (C=O) groups is 2. The van der Waals surface area contributed by atoms with Crippen LogP contribution in [0.25, 0.3) is 0 Å². The summed E-state index contributed by atoms with van der Waals surface area (Å²) in [5, 5.41) is 2.91. The molecule has 1 fully saturated rings. The van der Waals surface area contributed by atoms with Crippen molar-refractivity contribution in [2.75, 3.05) is 0 Å². The summed E-state index contributed by atoms with van der Waals surface area (Å²) in [6, 6.07) is 9.98. The second-order valence-corrected chi connectivity index (χ2v) is 7.08. The number of aryl methyl sites for hydroxylation is 2. The molecule has 1 amide bonds. The highest BCUT2D eigenvalue weighted by Crippen LogP contribution is 2.18. The summed E-state index contributed by atoms with van der Waals surface area (Å²) in [6.45, 7) is 4.75. The van der Waals surface area contributed by atoms with E-state index in [0.717, 1.165) is 31.2 Å². The van der Waals surface area contributed by atoms with Crippen LogP contribution in [-0.2, 0) is 11.3 Å². The van der Waals surface area contributed by atoms with E-state index in [-0.39, 0.29) is 6.04 Å². The monoisotopic (exact) mass is 338 g/mol. The van der Waals surface area contributed by atoms with E-state index in [1.807, 2.05) is 16.8 Å². The summed E-state index contributed by atoms with van der Waals surface area (Å²) < 4.78 is 1.85. The van der Waals surface area contributed by atoms with Crippen LogP contribution in [0.4, 0.5) is 0 Å². The number of nitrogens with one attached hydrogen (secondary N) is 1. The first-order valence-electron chi connectivity index (χ1n) is 9.11. The van der Waals surface area contributed by atoms with Gasteiger partial charge in [-0.1, -0.05) is 37.5 Å². The molecule has 0 radical (unpaired) electrons. The van der Waals surface area contributed by atoms with Crippen molar-refractivity contribution in [2.24, 2.45) is 0 Å². The third-order valence-electron chi connectivity index (χ3n) is 5.13. The Morgan fingerprint density at radius 1 is 1.08 bits per heavy atom. The van der Waals surface area contributed by atoms with E-state index < -0.39 is 11.7 Å². The number of amides is 1. The molecule has 1 aliphatic carbocycles. The summed E-state index contributed by atoms with van der Waals surface area (Å²) >= 11 is 0. The predicted octanol–water partition coefficient (Wildman–Crippen LogP) is 3.78. The predicted molar refractivity (Wildman–Crippen MR) is 98.8 cm³/mol. The first-order chi connectivity index (χ1) is 12.0. The average Bonchev–Trinajstić information content (AvgIpc) is 3.06. The maximum absolute atomic E-state index is 12.6. The second-order valence-electron chi connectivity index (χ2n) is 7.08. The second kappa shape index (κ2) is 7.68. The summed E-state index contributed by atoms with van der Waals surface area (Å²) in [5.74, 6) is -0.925. The summed E-state index contributed by atoms with van der Waals surface area (Å²) in [5.41, 5.74) is 4.06. The van der Waals surface area contributed by atoms with Crippen molar-refractivity contribution in [1.82, 2.24) is 9.88 Å². The number of aromatic nitrogens is 1. The molecule has 1 saturated carbocycles. The topological polar surface area (TPSA) is 51.1 Å². The maximum Gasteiger partial charge on any atom is 0.294 e. The molecule has 0 atom stereocenters. The van der Waals surface area contributed by atoms with Crippen LogP contribution >= 0.6 is 0 Å². The first-order valence-corrected chi connectivity index (χ1v) is 9.11. The largest absolute Gasteiger partial charge is 0.346 e. The Bertz CT molecular complexity index is 770. The van der Waals surface area contributed by atoms with Crippen molar-refractivity contribution in [2.45, 2.75) is 58.5 Å². The third kappa shape index (κ3) is 4.19. The molecule has 0 spiro atoms. The van der Waals surface area contributed by atoms with Gasteiger partial charge < -0.3 is 9.88 Å². The van der Waals surface area contributed by atoms with Crippen LogP contribution < -0.4 is 5.32 Å². The molecule has 4 heteroatoms. The molecule has 1 aromatic carbocycles. The quantitative estimate of drug-likeness (QED) is 0.666. The molecule has 1 aromatic heterocycles. The van der Waals surface area contributed by atoms with Crippen molar-refractivity contribution in [3.05, 3.63) is 58.9 Å². The van der Waals surface area contributed by atoms with Gasteiger partial charge in [0.05, 0.1) is 5.69 Å². The van der Waals surface area contributed by atoms with E-state index in [2.05, 4.69) is 37.4 Å². The van der Waals surface area contributed by atoms with E-state index >= 15 is 0 Å². The minimum atomic E-state index is -0.480. The lowest BCUT2D eigenvalue weighted by Gasteiger charge is -2.22. The van der Waals surface area contributed by atoms with Gasteiger partial charge in [-0.25, -0.2) is 0 Å². The number of hydrogen-bond donors (Lipinski definition) is 1. The minimum absolute atomic E-state index is 0.147. The van der Waals surface area contributed by atoms with Crippen molar-refractivity contribution < 1.29 is 9.59 Å². The summed E-state index contributed by atoms with van der Waals surface area (Å²) in [4.78, 5) is 24.9. The Kier molecular flexibility index (Phi) is 5.37. The zero-order chi connectivity index (χ0) is 17.8. The Morgan fingerprint density at radius 2 is 1.84 bits per heavy atom. The highest BCUT2D eigenvalue weighted by Gasteiger charge is 2.23. The minimum Gasteiger partial charge on any atom is -0.346 e. The smallest absolute Gasteiger partial charge is 0.294 e. The molecule has 132 valence electrons. The number of Topliss-reactive ketones (excluding diaryl/α,β-unsaturated/α-hetero) is 1. The lowest BCUT2D eigenvalue weighted by Crippen LogP contribution is -2.40. The zero-order valence-electron chi connectivity index (χ0n) is 15.0. The molecule has 0 saturated heterocycles. The molecule has 2 aromatic rings. The van der Waals surface area contributed by atoms with E-state index in [0.29, 0.717) is 12.2 Å². The van der Waals surface area contributed by atoms with Crippen LogP contribution in [0.3, 0.4) is 0 Å². The first kappa shape index (κ1) is 17.5. The van der Waals surface area contributed by atoms with Crippen molar-refractivity contribution >= 4 is 11.7 Å². The molecule has 25 heavy (non-hydrogen) atoms. The Labute approximate surface area is 149 Å². The fourth-order valence-corrected chi connectivity index (χ4v) is 3.47. The molecule has 0 aliphatic heterocycles. The number of ketones is 1. The van der Waals surface area contributed by atoms with Gasteiger partial charge in [0.25, 0.3) is 11.7 Å². The fourth-order valence-electron chi connectivity index (χ4n) is 3.47. The average molecular weight is 338 g/mol. The fraction of sp³-hybridized carbons (Fsp3) is 0.429. The SMILES string of the molecule is Cc1ccc(Cn2cccc2C(=O)C(=O)NC2CCCCC2)cc1C. The van der Waals surface area contributed by atoms with Crippen LogP contribution in [0.2, 0.25) is 0 Å². The lowest BCUT2D eigenvalue weighted by molar-refractivity contribution is -0.117. The number of nitrogens with zero attached hydrogens (tertiary/aromatic N) is 1. The van der Waals surface area contributed by atoms with Gasteiger partial charge in [-0.2, -0.15) is 0 Å². The highest BCUT2D eigenvalue weighted by molar-refractivity contribution is 6.42. The molecule has 0 unspecified atom stereocenters. The van der Waals surface area contributed by atoms with Crippen molar-refractivity contribution in [1.29, 1.82) is 0 Å². The Morgan fingerprint density at radius 3 is 2.56 bits per heavy atom.